The molecule has 0 unspecified atom stereocenters. The zero-order valence-corrected chi connectivity index (χ0v) is 16.3. The van der Waals surface area contributed by atoms with Crippen LogP contribution in [0.15, 0.2) is 47.3 Å². The summed E-state index contributed by atoms with van der Waals surface area (Å²) in [4.78, 5) is 15.3. The number of rotatable bonds is 3. The van der Waals surface area contributed by atoms with Gasteiger partial charge in [-0.2, -0.15) is 0 Å². The largest absolute Gasteiger partial charge is 0.497 e. The van der Waals surface area contributed by atoms with E-state index in [0.29, 0.717) is 11.4 Å². The number of halogens is 1. The van der Waals surface area contributed by atoms with E-state index in [1.165, 1.54) is 0 Å². The molecule has 0 aliphatic rings. The summed E-state index contributed by atoms with van der Waals surface area (Å²) in [6.07, 6.45) is 5.48. The zero-order valence-electron chi connectivity index (χ0n) is 14.7. The second-order valence-electron chi connectivity index (χ2n) is 6.23. The summed E-state index contributed by atoms with van der Waals surface area (Å²) in [5.74, 6) is 0.861. The molecule has 9 heteroatoms. The Balaban J connectivity index is 1.80. The van der Waals surface area contributed by atoms with Crippen molar-refractivity contribution in [2.45, 2.75) is 0 Å². The molecule has 8 nitrogen and oxygen atoms in total. The van der Waals surface area contributed by atoms with Gasteiger partial charge < -0.3 is 20.4 Å². The van der Waals surface area contributed by atoms with Crippen LogP contribution in [0.1, 0.15) is 0 Å². The van der Waals surface area contributed by atoms with Crippen molar-refractivity contribution in [2.75, 3.05) is 12.8 Å². The van der Waals surface area contributed by atoms with Crippen molar-refractivity contribution in [1.29, 1.82) is 0 Å². The van der Waals surface area contributed by atoms with Crippen molar-refractivity contribution >= 4 is 43.8 Å². The van der Waals surface area contributed by atoms with Crippen molar-refractivity contribution in [2.24, 2.45) is 0 Å². The maximum atomic E-state index is 5.87. The number of methoxy groups -OCH3 is 1. The first-order chi connectivity index (χ1) is 13.6. The molecular formula is C19H14BrN7O. The fraction of sp³-hybridized carbons (Fsp3) is 0.0526. The normalized spacial score (nSPS) is 11.4. The number of ether oxygens (including phenoxy) is 1. The van der Waals surface area contributed by atoms with Gasteiger partial charge in [0.25, 0.3) is 0 Å². The zero-order chi connectivity index (χ0) is 19.3. The van der Waals surface area contributed by atoms with Crippen molar-refractivity contribution in [1.82, 2.24) is 30.1 Å². The number of nitrogens with one attached hydrogen (secondary N) is 2. The fourth-order valence-electron chi connectivity index (χ4n) is 3.30. The Bertz CT molecular complexity index is 1340. The maximum Gasteiger partial charge on any atom is 0.240 e. The Hall–Kier alpha value is -3.46. The number of anilines is 1. The van der Waals surface area contributed by atoms with E-state index < -0.39 is 0 Å². The average Bonchev–Trinajstić information content (AvgIpc) is 3.31. The van der Waals surface area contributed by atoms with Crippen LogP contribution in [-0.2, 0) is 0 Å². The topological polar surface area (TPSA) is 118 Å². The van der Waals surface area contributed by atoms with Crippen molar-refractivity contribution in [3.8, 4) is 28.3 Å². The minimum absolute atomic E-state index is 0.105. The summed E-state index contributed by atoms with van der Waals surface area (Å²) in [6, 6.07) is 7.80. The highest BCUT2D eigenvalue weighted by molar-refractivity contribution is 9.10. The molecule has 0 saturated carbocycles. The van der Waals surface area contributed by atoms with Crippen LogP contribution in [0.3, 0.4) is 0 Å². The van der Waals surface area contributed by atoms with Gasteiger partial charge in [0.1, 0.15) is 22.8 Å². The average molecular weight is 436 g/mol. The first kappa shape index (κ1) is 16.7. The van der Waals surface area contributed by atoms with Gasteiger partial charge in [-0.3, -0.25) is 0 Å². The van der Waals surface area contributed by atoms with E-state index >= 15 is 0 Å². The third kappa shape index (κ3) is 2.59. The second kappa shape index (κ2) is 6.31. The molecule has 0 saturated heterocycles. The Morgan fingerprint density at radius 1 is 1.00 bits per heavy atom. The molecule has 0 amide bonds. The second-order valence-corrected chi connectivity index (χ2v) is 7.15. The van der Waals surface area contributed by atoms with E-state index in [9.17, 15) is 0 Å². The monoisotopic (exact) mass is 435 g/mol. The standard InChI is InChI=1S/C19H14BrN7O/c1-28-10-2-3-15-11(5-10)13(7-22-15)17-16(25-19(21)27-26-17)14-8-24-18-12(14)4-9(20)6-23-18/h2-8,22H,1H3,(H,23,24)(H2,21,25,27). The van der Waals surface area contributed by atoms with Crippen molar-refractivity contribution in [3.05, 3.63) is 47.3 Å². The number of nitrogens with two attached hydrogens (primary N) is 1. The van der Waals surface area contributed by atoms with E-state index in [0.717, 1.165) is 43.3 Å². The van der Waals surface area contributed by atoms with Crippen molar-refractivity contribution in [3.63, 3.8) is 0 Å². The molecule has 0 bridgehead atoms. The molecule has 4 aromatic heterocycles. The lowest BCUT2D eigenvalue weighted by Crippen LogP contribution is -2.02. The third-order valence-corrected chi connectivity index (χ3v) is 5.03. The van der Waals surface area contributed by atoms with Crippen LogP contribution in [-0.4, -0.2) is 37.2 Å². The Kier molecular flexibility index (Phi) is 3.76. The lowest BCUT2D eigenvalue weighted by atomic mass is 10.0. The number of hydrogen-bond donors (Lipinski definition) is 3. The number of aromatic amines is 2. The molecule has 0 spiro atoms. The SMILES string of the molecule is COc1ccc2[nH]cc(-c3nnc(N)nc3-c3c[nH]c4ncc(Br)cc34)c2c1. The van der Waals surface area contributed by atoms with Gasteiger partial charge >= 0.3 is 0 Å². The molecule has 1 aromatic carbocycles. The molecule has 28 heavy (non-hydrogen) atoms. The van der Waals surface area contributed by atoms with Gasteiger partial charge in [-0.05, 0) is 40.2 Å². The number of nitrogen functional groups attached to an aromatic ring is 1. The molecule has 4 N–H and O–H groups in total. The molecule has 0 radical (unpaired) electrons. The predicted molar refractivity (Wildman–Crippen MR) is 111 cm³/mol. The van der Waals surface area contributed by atoms with E-state index in [-0.39, 0.29) is 5.95 Å². The lowest BCUT2D eigenvalue weighted by Gasteiger charge is -2.07. The summed E-state index contributed by atoms with van der Waals surface area (Å²) in [5.41, 5.74) is 10.5. The van der Waals surface area contributed by atoms with Crippen molar-refractivity contribution < 1.29 is 4.74 Å². The van der Waals surface area contributed by atoms with Crippen LogP contribution < -0.4 is 10.5 Å². The van der Waals surface area contributed by atoms with Crippen LogP contribution in [0.2, 0.25) is 0 Å². The number of nitrogens with zero attached hydrogens (tertiary/aromatic N) is 4. The Labute approximate surface area is 167 Å². The highest BCUT2D eigenvalue weighted by atomic mass is 79.9. The Morgan fingerprint density at radius 2 is 1.82 bits per heavy atom. The van der Waals surface area contributed by atoms with Gasteiger partial charge in [0, 0.05) is 50.5 Å². The van der Waals surface area contributed by atoms with Gasteiger partial charge in [-0.1, -0.05) is 0 Å². The van der Waals surface area contributed by atoms with Gasteiger partial charge in [0.2, 0.25) is 5.95 Å². The number of fused-ring (bicyclic) bond motifs is 2. The van der Waals surface area contributed by atoms with Crippen LogP contribution in [0, 0.1) is 0 Å². The smallest absolute Gasteiger partial charge is 0.240 e. The van der Waals surface area contributed by atoms with E-state index in [1.807, 2.05) is 36.7 Å². The number of pyridine rings is 1. The molecule has 0 fully saturated rings. The van der Waals surface area contributed by atoms with E-state index in [2.05, 4.69) is 46.1 Å². The molecule has 5 aromatic rings. The minimum atomic E-state index is 0.105. The first-order valence-corrected chi connectivity index (χ1v) is 9.22. The summed E-state index contributed by atoms with van der Waals surface area (Å²) in [7, 11) is 1.64. The quantitative estimate of drug-likeness (QED) is 0.395. The van der Waals surface area contributed by atoms with E-state index in [1.54, 1.807) is 13.3 Å². The van der Waals surface area contributed by atoms with Gasteiger partial charge in [-0.15, -0.1) is 10.2 Å². The van der Waals surface area contributed by atoms with Crippen LogP contribution >= 0.6 is 15.9 Å². The highest BCUT2D eigenvalue weighted by Crippen LogP contribution is 2.37. The lowest BCUT2D eigenvalue weighted by molar-refractivity contribution is 0.415. The number of hydrogen-bond acceptors (Lipinski definition) is 6. The molecule has 0 atom stereocenters. The van der Waals surface area contributed by atoms with Gasteiger partial charge in [0.05, 0.1) is 7.11 Å². The summed E-state index contributed by atoms with van der Waals surface area (Å²) in [5, 5.41) is 10.2. The molecule has 0 aliphatic heterocycles. The Morgan fingerprint density at radius 3 is 2.68 bits per heavy atom. The predicted octanol–water partition coefficient (Wildman–Crippen LogP) is 3.92. The molecule has 0 aliphatic carbocycles. The third-order valence-electron chi connectivity index (χ3n) is 4.60. The minimum Gasteiger partial charge on any atom is -0.497 e. The fourth-order valence-corrected chi connectivity index (χ4v) is 3.64. The van der Waals surface area contributed by atoms with Crippen LogP contribution in [0.4, 0.5) is 5.95 Å². The van der Waals surface area contributed by atoms with Crippen LogP contribution in [0.25, 0.3) is 44.5 Å². The molecule has 138 valence electrons. The van der Waals surface area contributed by atoms with Crippen LogP contribution in [0.5, 0.6) is 5.75 Å². The van der Waals surface area contributed by atoms with Gasteiger partial charge in [0.15, 0.2) is 0 Å². The number of benzene rings is 1. The highest BCUT2D eigenvalue weighted by Gasteiger charge is 2.19. The van der Waals surface area contributed by atoms with Gasteiger partial charge in [-0.25, -0.2) is 9.97 Å². The maximum absolute atomic E-state index is 5.87. The summed E-state index contributed by atoms with van der Waals surface area (Å²) < 4.78 is 6.24. The summed E-state index contributed by atoms with van der Waals surface area (Å²) >= 11 is 3.48. The number of H-pyrrole nitrogens is 2. The number of aromatic nitrogens is 6. The molecular weight excluding hydrogens is 422 g/mol. The first-order valence-electron chi connectivity index (χ1n) is 8.43. The van der Waals surface area contributed by atoms with E-state index in [4.69, 9.17) is 10.5 Å². The summed E-state index contributed by atoms with van der Waals surface area (Å²) in [6.45, 7) is 0. The molecule has 5 rings (SSSR count). The molecule has 4 heterocycles.